The van der Waals surface area contributed by atoms with Crippen molar-refractivity contribution >= 4 is 33.0 Å². The summed E-state index contributed by atoms with van der Waals surface area (Å²) in [5.41, 5.74) is 1.98. The first-order chi connectivity index (χ1) is 16.7. The molecule has 10 heteroatoms. The number of nitrogens with one attached hydrogen (secondary N) is 1. The number of halogens is 1. The molecule has 0 aliphatic heterocycles. The number of nitrogens with zero attached hydrogens (tertiary/aromatic N) is 1. The number of anilines is 1. The van der Waals surface area contributed by atoms with Crippen molar-refractivity contribution in [3.8, 4) is 16.3 Å². The zero-order valence-corrected chi connectivity index (χ0v) is 20.7. The molecular weight excluding hydrogens is 491 g/mol. The molecule has 0 bridgehead atoms. The van der Waals surface area contributed by atoms with E-state index >= 15 is 0 Å². The molecule has 2 fully saturated rings. The zero-order chi connectivity index (χ0) is 24.8. The molecule has 0 unspecified atom stereocenters. The number of aromatic nitrogens is 1. The Kier molecular flexibility index (Phi) is 6.04. The first kappa shape index (κ1) is 23.7. The van der Waals surface area contributed by atoms with E-state index in [-0.39, 0.29) is 15.6 Å². The Hall–Kier alpha value is -2.98. The van der Waals surface area contributed by atoms with Crippen LogP contribution in [0, 0.1) is 11.2 Å². The first-order valence-corrected chi connectivity index (χ1v) is 13.7. The number of benzene rings is 2. The maximum atomic E-state index is 14.1. The van der Waals surface area contributed by atoms with E-state index in [4.69, 9.17) is 9.84 Å². The van der Waals surface area contributed by atoms with Crippen LogP contribution < -0.4 is 9.46 Å². The van der Waals surface area contributed by atoms with Crippen LogP contribution in [0.1, 0.15) is 60.4 Å². The maximum absolute atomic E-state index is 14.1. The van der Waals surface area contributed by atoms with E-state index in [1.54, 1.807) is 0 Å². The van der Waals surface area contributed by atoms with E-state index < -0.39 is 27.4 Å². The highest BCUT2D eigenvalue weighted by Gasteiger charge is 2.44. The fraction of sp³-hybridized carbons (Fsp3) is 0.360. The fourth-order valence-corrected chi connectivity index (χ4v) is 7.01. The van der Waals surface area contributed by atoms with Crippen LogP contribution in [0.2, 0.25) is 0 Å². The molecule has 7 nitrogen and oxygen atoms in total. The maximum Gasteiger partial charge on any atom is 0.338 e. The van der Waals surface area contributed by atoms with Crippen molar-refractivity contribution in [2.45, 2.75) is 48.7 Å². The van der Waals surface area contributed by atoms with Gasteiger partial charge in [0.05, 0.1) is 24.6 Å². The number of ether oxygens (including phenoxy) is 1. The van der Waals surface area contributed by atoms with Gasteiger partial charge < -0.3 is 9.84 Å². The number of rotatable bonds is 7. The minimum atomic E-state index is -4.10. The number of carbonyl (C=O) groups is 1. The van der Waals surface area contributed by atoms with E-state index in [2.05, 4.69) is 21.8 Å². The number of aromatic carboxylic acids is 1. The number of sulfonamides is 1. The zero-order valence-electron chi connectivity index (χ0n) is 19.1. The Balaban J connectivity index is 1.32. The molecule has 5 rings (SSSR count). The predicted molar refractivity (Wildman–Crippen MR) is 131 cm³/mol. The molecule has 184 valence electrons. The minimum Gasteiger partial charge on any atom is -0.495 e. The van der Waals surface area contributed by atoms with E-state index in [0.717, 1.165) is 29.0 Å². The van der Waals surface area contributed by atoms with Gasteiger partial charge in [-0.05, 0) is 61.5 Å². The summed E-state index contributed by atoms with van der Waals surface area (Å²) in [6, 6.07) is 9.89. The first-order valence-electron chi connectivity index (χ1n) is 11.4. The summed E-state index contributed by atoms with van der Waals surface area (Å²) < 4.78 is 47.3. The van der Waals surface area contributed by atoms with Crippen molar-refractivity contribution in [2.24, 2.45) is 5.41 Å². The van der Waals surface area contributed by atoms with Gasteiger partial charge in [0.1, 0.15) is 16.6 Å². The van der Waals surface area contributed by atoms with Gasteiger partial charge in [-0.15, -0.1) is 11.3 Å². The van der Waals surface area contributed by atoms with Gasteiger partial charge in [-0.1, -0.05) is 24.3 Å². The normalized spacial score (nSPS) is 17.3. The predicted octanol–water partition coefficient (Wildman–Crippen LogP) is 5.89. The minimum absolute atomic E-state index is 0.0524. The number of hydrogen-bond acceptors (Lipinski definition) is 6. The molecular formula is C25H25FN2O5S2. The third kappa shape index (κ3) is 4.77. The van der Waals surface area contributed by atoms with Crippen LogP contribution in [0.25, 0.3) is 10.6 Å². The van der Waals surface area contributed by atoms with Crippen molar-refractivity contribution in [3.63, 3.8) is 0 Å². The van der Waals surface area contributed by atoms with Crippen LogP contribution >= 0.6 is 11.3 Å². The summed E-state index contributed by atoms with van der Waals surface area (Å²) >= 11 is 0.997. The Morgan fingerprint density at radius 2 is 1.86 bits per heavy atom. The van der Waals surface area contributed by atoms with Gasteiger partial charge in [0.2, 0.25) is 0 Å². The number of carboxylic acid groups (broad SMARTS) is 1. The van der Waals surface area contributed by atoms with E-state index in [0.29, 0.717) is 16.3 Å². The van der Waals surface area contributed by atoms with E-state index in [1.807, 2.05) is 12.1 Å². The second kappa shape index (κ2) is 8.91. The van der Waals surface area contributed by atoms with E-state index in [1.165, 1.54) is 57.4 Å². The van der Waals surface area contributed by atoms with Crippen molar-refractivity contribution in [1.29, 1.82) is 0 Å². The van der Waals surface area contributed by atoms with E-state index in [9.17, 15) is 17.6 Å². The van der Waals surface area contributed by atoms with Crippen LogP contribution in [-0.4, -0.2) is 31.6 Å². The lowest BCUT2D eigenvalue weighted by Gasteiger charge is -2.28. The van der Waals surface area contributed by atoms with Crippen LogP contribution in [0.4, 0.5) is 10.1 Å². The third-order valence-electron chi connectivity index (χ3n) is 7.15. The molecule has 3 aromatic rings. The molecule has 0 radical (unpaired) electrons. The lowest BCUT2D eigenvalue weighted by molar-refractivity contribution is 0.0691. The quantitative estimate of drug-likeness (QED) is 0.405. The molecule has 35 heavy (non-hydrogen) atoms. The number of thiazole rings is 1. The summed E-state index contributed by atoms with van der Waals surface area (Å²) in [5, 5.41) is 9.62. The molecule has 1 aromatic heterocycles. The molecule has 1 spiro atoms. The van der Waals surface area contributed by atoms with Gasteiger partial charge in [0.15, 0.2) is 4.21 Å². The van der Waals surface area contributed by atoms with Crippen LogP contribution in [0.15, 0.2) is 46.8 Å². The van der Waals surface area contributed by atoms with Crippen molar-refractivity contribution < 1.29 is 27.4 Å². The topological polar surface area (TPSA) is 106 Å². The molecule has 1 heterocycles. The Morgan fingerprint density at radius 3 is 2.46 bits per heavy atom. The van der Waals surface area contributed by atoms with Gasteiger partial charge in [-0.2, -0.15) is 0 Å². The lowest BCUT2D eigenvalue weighted by atomic mass is 9.77. The molecule has 2 aromatic carbocycles. The largest absolute Gasteiger partial charge is 0.495 e. The molecule has 2 N–H and O–H groups in total. The molecule has 2 aliphatic carbocycles. The van der Waals surface area contributed by atoms with Gasteiger partial charge in [-0.3, -0.25) is 4.72 Å². The molecule has 2 aliphatic rings. The average molecular weight is 517 g/mol. The van der Waals surface area contributed by atoms with Gasteiger partial charge in [0, 0.05) is 11.6 Å². The highest BCUT2D eigenvalue weighted by atomic mass is 32.2. The Labute approximate surface area is 207 Å². The number of carboxylic acids is 1. The SMILES string of the molecule is COc1cc(C(=O)O)c(F)cc1NS(=O)(=O)c1cnc(-c2ccc(C3CCC4(CC3)CC4)cc2)s1. The molecule has 0 saturated heterocycles. The number of hydrogen-bond donors (Lipinski definition) is 2. The Morgan fingerprint density at radius 1 is 1.17 bits per heavy atom. The number of methoxy groups -OCH3 is 1. The van der Waals surface area contributed by atoms with Crippen molar-refractivity contribution in [3.05, 3.63) is 59.5 Å². The molecule has 2 saturated carbocycles. The standard InChI is InChI=1S/C25H25FN2O5S2/c1-33-21-12-18(24(29)30)19(26)13-20(21)28-35(31,32)22-14-27-23(34-22)17-4-2-15(3-5-17)16-6-8-25(9-7-16)10-11-25/h2-5,12-14,16,28H,6-11H2,1H3,(H,29,30). The average Bonchev–Trinajstić information content (AvgIpc) is 3.38. The van der Waals surface area contributed by atoms with Gasteiger partial charge >= 0.3 is 5.97 Å². The summed E-state index contributed by atoms with van der Waals surface area (Å²) in [6.45, 7) is 0. The van der Waals surface area contributed by atoms with Crippen molar-refractivity contribution in [2.75, 3.05) is 11.8 Å². The smallest absolute Gasteiger partial charge is 0.338 e. The summed E-state index contributed by atoms with van der Waals surface area (Å²) in [5.74, 6) is -2.09. The lowest BCUT2D eigenvalue weighted by Crippen LogP contribution is -2.13. The van der Waals surface area contributed by atoms with Gasteiger partial charge in [-0.25, -0.2) is 22.6 Å². The summed E-state index contributed by atoms with van der Waals surface area (Å²) in [4.78, 5) is 15.4. The fourth-order valence-electron chi connectivity index (χ4n) is 4.82. The molecule has 0 amide bonds. The van der Waals surface area contributed by atoms with Crippen LogP contribution in [-0.2, 0) is 10.0 Å². The second-order valence-electron chi connectivity index (χ2n) is 9.32. The summed E-state index contributed by atoms with van der Waals surface area (Å²) in [6.07, 6.45) is 9.10. The second-order valence-corrected chi connectivity index (χ2v) is 12.3. The monoisotopic (exact) mass is 516 g/mol. The summed E-state index contributed by atoms with van der Waals surface area (Å²) in [7, 11) is -2.86. The third-order valence-corrected chi connectivity index (χ3v) is 10.0. The van der Waals surface area contributed by atoms with Crippen molar-refractivity contribution in [1.82, 2.24) is 4.98 Å². The molecule has 0 atom stereocenters. The highest BCUT2D eigenvalue weighted by Crippen LogP contribution is 2.58. The van der Waals surface area contributed by atoms with Crippen LogP contribution in [0.3, 0.4) is 0 Å². The van der Waals surface area contributed by atoms with Crippen LogP contribution in [0.5, 0.6) is 5.75 Å². The van der Waals surface area contributed by atoms with Gasteiger partial charge in [0.25, 0.3) is 10.0 Å². The Bertz CT molecular complexity index is 1370. The highest BCUT2D eigenvalue weighted by molar-refractivity contribution is 7.94.